The minimum atomic E-state index is -5.08. The van der Waals surface area contributed by atoms with Crippen molar-refractivity contribution < 1.29 is 37.5 Å². The summed E-state index contributed by atoms with van der Waals surface area (Å²) in [4.78, 5) is 51.3. The minimum absolute atomic E-state index is 0.0898. The van der Waals surface area contributed by atoms with Gasteiger partial charge in [-0.25, -0.2) is 4.79 Å². The van der Waals surface area contributed by atoms with Gasteiger partial charge in [-0.15, -0.1) is 0 Å². The molecule has 4 rings (SSSR count). The van der Waals surface area contributed by atoms with Gasteiger partial charge in [0.25, 0.3) is 0 Å². The first-order chi connectivity index (χ1) is 19.9. The Hall–Kier alpha value is -3.81. The number of carboxylic acid groups (broad SMARTS) is 1. The number of aliphatic carboxylic acids is 1. The van der Waals surface area contributed by atoms with Crippen molar-refractivity contribution in [3.8, 4) is 0 Å². The molecule has 1 atom stereocenters. The molecule has 1 aliphatic carbocycles. The van der Waals surface area contributed by atoms with Gasteiger partial charge < -0.3 is 31.3 Å². The molecule has 5 N–H and O–H groups in total. The maximum absolute atomic E-state index is 13.1. The number of anilines is 1. The zero-order valence-corrected chi connectivity index (χ0v) is 23.4. The highest BCUT2D eigenvalue weighted by Crippen LogP contribution is 2.31. The molecular weight excluding hydrogens is 555 g/mol. The average Bonchev–Trinajstić information content (AvgIpc) is 2.96. The number of carbonyl (C=O) groups is 4. The number of benzene rings is 2. The van der Waals surface area contributed by atoms with E-state index >= 15 is 0 Å². The van der Waals surface area contributed by atoms with Crippen molar-refractivity contribution in [2.24, 2.45) is 5.73 Å². The van der Waals surface area contributed by atoms with Crippen molar-refractivity contribution in [2.75, 3.05) is 57.7 Å². The van der Waals surface area contributed by atoms with Crippen LogP contribution in [-0.2, 0) is 9.59 Å². The molecular formula is C29H36F3N5O5. The smallest absolute Gasteiger partial charge is 0.475 e. The maximum atomic E-state index is 13.1. The molecule has 0 bridgehead atoms. The Labute approximate surface area is 242 Å². The number of carboxylic acids is 1. The largest absolute Gasteiger partial charge is 0.490 e. The van der Waals surface area contributed by atoms with Crippen LogP contribution in [0, 0.1) is 0 Å². The third kappa shape index (κ3) is 8.84. The van der Waals surface area contributed by atoms with Gasteiger partial charge in [-0.3, -0.25) is 14.4 Å². The minimum Gasteiger partial charge on any atom is -0.475 e. The first-order valence-corrected chi connectivity index (χ1v) is 13.7. The van der Waals surface area contributed by atoms with E-state index in [1.165, 1.54) is 0 Å². The van der Waals surface area contributed by atoms with Gasteiger partial charge in [-0.2, -0.15) is 13.2 Å². The summed E-state index contributed by atoms with van der Waals surface area (Å²) in [7, 11) is 0. The third-order valence-electron chi connectivity index (χ3n) is 6.99. The van der Waals surface area contributed by atoms with Crippen LogP contribution < -0.4 is 16.4 Å². The average molecular weight is 592 g/mol. The van der Waals surface area contributed by atoms with E-state index in [1.807, 2.05) is 12.1 Å². The first kappa shape index (κ1) is 32.7. The van der Waals surface area contributed by atoms with Crippen molar-refractivity contribution in [1.82, 2.24) is 15.1 Å². The molecule has 13 heteroatoms. The SMILES string of the molecule is C[C@H](N)C(=O)NCCCN1CCN(CCCNc2cccc3c2C(=O)c2ccccc2C3=O)CC1.O=C(O)C(F)(F)F. The van der Waals surface area contributed by atoms with E-state index in [0.717, 1.165) is 64.3 Å². The molecule has 2 aliphatic rings. The van der Waals surface area contributed by atoms with E-state index < -0.39 is 18.2 Å². The highest BCUT2D eigenvalue weighted by Gasteiger charge is 2.38. The van der Waals surface area contributed by atoms with Crippen LogP contribution in [0.1, 0.15) is 51.6 Å². The van der Waals surface area contributed by atoms with Gasteiger partial charge in [-0.1, -0.05) is 36.4 Å². The molecule has 0 aromatic heterocycles. The highest BCUT2D eigenvalue weighted by atomic mass is 19.4. The molecule has 0 saturated carbocycles. The van der Waals surface area contributed by atoms with Crippen molar-refractivity contribution in [2.45, 2.75) is 32.0 Å². The molecule has 1 fully saturated rings. The van der Waals surface area contributed by atoms with Gasteiger partial charge in [0.1, 0.15) is 0 Å². The third-order valence-corrected chi connectivity index (χ3v) is 6.99. The number of alkyl halides is 3. The van der Waals surface area contributed by atoms with Gasteiger partial charge in [0.15, 0.2) is 11.6 Å². The molecule has 1 aliphatic heterocycles. The lowest BCUT2D eigenvalue weighted by Crippen LogP contribution is -2.47. The van der Waals surface area contributed by atoms with Gasteiger partial charge in [0, 0.05) is 61.6 Å². The number of hydrogen-bond acceptors (Lipinski definition) is 8. The fraction of sp³-hybridized carbons (Fsp3) is 0.448. The monoisotopic (exact) mass is 591 g/mol. The Morgan fingerprint density at radius 2 is 1.38 bits per heavy atom. The Bertz CT molecular complexity index is 1280. The lowest BCUT2D eigenvalue weighted by molar-refractivity contribution is -0.192. The number of nitrogens with zero attached hydrogens (tertiary/aromatic N) is 2. The van der Waals surface area contributed by atoms with Crippen LogP contribution in [0.25, 0.3) is 0 Å². The fourth-order valence-corrected chi connectivity index (χ4v) is 4.73. The standard InChI is InChI=1S/C27H35N5O3.C2HF3O2/c1-19(28)27(35)30-12-6-14-32-17-15-31(16-18-32)13-5-11-29-23-10-4-9-22-24(23)26(34)21-8-3-2-7-20(21)25(22)33;3-2(4,5)1(6)7/h2-4,7-10,19,29H,5-6,11-18,28H2,1H3,(H,30,35);(H,6,7)/t19-;/m0./s1. The summed E-state index contributed by atoms with van der Waals surface area (Å²) in [6.07, 6.45) is -3.21. The second kappa shape index (κ2) is 14.9. The summed E-state index contributed by atoms with van der Waals surface area (Å²) in [6.45, 7) is 9.15. The van der Waals surface area contributed by atoms with Crippen molar-refractivity contribution in [1.29, 1.82) is 0 Å². The molecule has 2 aromatic carbocycles. The lowest BCUT2D eigenvalue weighted by Gasteiger charge is -2.34. The number of nitrogens with two attached hydrogens (primary N) is 1. The van der Waals surface area contributed by atoms with Crippen LogP contribution in [0.15, 0.2) is 42.5 Å². The number of fused-ring (bicyclic) bond motifs is 2. The van der Waals surface area contributed by atoms with Crippen LogP contribution >= 0.6 is 0 Å². The van der Waals surface area contributed by atoms with Crippen LogP contribution in [0.3, 0.4) is 0 Å². The molecule has 1 amide bonds. The normalized spacial score (nSPS) is 16.0. The number of rotatable bonds is 10. The second-order valence-electron chi connectivity index (χ2n) is 10.1. The van der Waals surface area contributed by atoms with Crippen LogP contribution in [0.2, 0.25) is 0 Å². The van der Waals surface area contributed by atoms with E-state index in [0.29, 0.717) is 28.8 Å². The lowest BCUT2D eigenvalue weighted by atomic mass is 9.83. The Balaban J connectivity index is 0.000000616. The number of ketones is 2. The number of piperazine rings is 1. The molecule has 42 heavy (non-hydrogen) atoms. The van der Waals surface area contributed by atoms with Gasteiger partial charge in [-0.05, 0) is 38.9 Å². The van der Waals surface area contributed by atoms with E-state index in [1.54, 1.807) is 37.3 Å². The fourth-order valence-electron chi connectivity index (χ4n) is 4.73. The van der Waals surface area contributed by atoms with Crippen LogP contribution in [0.4, 0.5) is 18.9 Å². The van der Waals surface area contributed by atoms with E-state index in [-0.39, 0.29) is 17.5 Å². The molecule has 1 saturated heterocycles. The Morgan fingerprint density at radius 3 is 1.90 bits per heavy atom. The Morgan fingerprint density at radius 1 is 0.881 bits per heavy atom. The number of hydrogen-bond donors (Lipinski definition) is 4. The quantitative estimate of drug-likeness (QED) is 0.261. The topological polar surface area (TPSA) is 145 Å². The molecule has 0 spiro atoms. The molecule has 0 unspecified atom stereocenters. The van der Waals surface area contributed by atoms with Gasteiger partial charge in [0.05, 0.1) is 11.6 Å². The van der Waals surface area contributed by atoms with E-state index in [2.05, 4.69) is 20.4 Å². The number of amides is 1. The number of carbonyl (C=O) groups excluding carboxylic acids is 3. The molecule has 228 valence electrons. The molecule has 2 aromatic rings. The zero-order valence-electron chi connectivity index (χ0n) is 23.4. The van der Waals surface area contributed by atoms with E-state index in [9.17, 15) is 27.6 Å². The molecule has 1 heterocycles. The predicted octanol–water partition coefficient (Wildman–Crippen LogP) is 2.37. The second-order valence-corrected chi connectivity index (χ2v) is 10.1. The molecule has 10 nitrogen and oxygen atoms in total. The number of halogens is 3. The summed E-state index contributed by atoms with van der Waals surface area (Å²) < 4.78 is 31.7. The van der Waals surface area contributed by atoms with Crippen LogP contribution in [-0.4, -0.2) is 103 Å². The van der Waals surface area contributed by atoms with Gasteiger partial charge >= 0.3 is 12.1 Å². The van der Waals surface area contributed by atoms with Crippen LogP contribution in [0.5, 0.6) is 0 Å². The Kier molecular flexibility index (Phi) is 11.6. The van der Waals surface area contributed by atoms with E-state index in [4.69, 9.17) is 15.6 Å². The zero-order chi connectivity index (χ0) is 30.9. The highest BCUT2D eigenvalue weighted by molar-refractivity contribution is 6.30. The summed E-state index contributed by atoms with van der Waals surface area (Å²) in [6, 6.07) is 12.0. The summed E-state index contributed by atoms with van der Waals surface area (Å²) >= 11 is 0. The summed E-state index contributed by atoms with van der Waals surface area (Å²) in [5.41, 5.74) is 8.22. The predicted molar refractivity (Wildman–Crippen MR) is 151 cm³/mol. The maximum Gasteiger partial charge on any atom is 0.490 e. The summed E-state index contributed by atoms with van der Waals surface area (Å²) in [5.74, 6) is -3.03. The summed E-state index contributed by atoms with van der Waals surface area (Å²) in [5, 5.41) is 13.4. The first-order valence-electron chi connectivity index (χ1n) is 13.7. The van der Waals surface area contributed by atoms with Crippen molar-refractivity contribution in [3.05, 3.63) is 64.7 Å². The number of nitrogens with one attached hydrogen (secondary N) is 2. The molecule has 0 radical (unpaired) electrons. The van der Waals surface area contributed by atoms with Crippen molar-refractivity contribution >= 4 is 29.1 Å². The van der Waals surface area contributed by atoms with Crippen molar-refractivity contribution in [3.63, 3.8) is 0 Å². The van der Waals surface area contributed by atoms with Gasteiger partial charge in [0.2, 0.25) is 5.91 Å².